The summed E-state index contributed by atoms with van der Waals surface area (Å²) in [4.78, 5) is 20.2. The first kappa shape index (κ1) is 31.1. The first-order chi connectivity index (χ1) is 15.0. The van der Waals surface area contributed by atoms with E-state index in [0.717, 1.165) is 19.6 Å². The van der Waals surface area contributed by atoms with E-state index in [4.69, 9.17) is 9.79 Å². The Bertz CT molecular complexity index is 381. The molecule has 0 aliphatic rings. The minimum absolute atomic E-state index is 0.135. The van der Waals surface area contributed by atoms with E-state index < -0.39 is 7.82 Å². The van der Waals surface area contributed by atoms with E-state index in [1.165, 1.54) is 116 Å². The Kier molecular flexibility index (Phi) is 23.3. The number of hydrogen-bond acceptors (Lipinski definition) is 3. The molecular formula is C25H54NO4P. The largest absolute Gasteiger partial charge is 0.469 e. The Hall–Kier alpha value is 0.0700. The van der Waals surface area contributed by atoms with Gasteiger partial charge in [0.2, 0.25) is 0 Å². The molecule has 0 unspecified atom stereocenters. The second-order valence-corrected chi connectivity index (χ2v) is 10.4. The molecular weight excluding hydrogens is 409 g/mol. The predicted octanol–water partition coefficient (Wildman–Crippen LogP) is 7.85. The summed E-state index contributed by atoms with van der Waals surface area (Å²) in [6.45, 7) is 7.73. The molecule has 0 bridgehead atoms. The summed E-state index contributed by atoms with van der Waals surface area (Å²) in [6.07, 6.45) is 24.8. The van der Waals surface area contributed by atoms with Gasteiger partial charge in [0.1, 0.15) is 0 Å². The molecule has 0 aromatic carbocycles. The van der Waals surface area contributed by atoms with Crippen molar-refractivity contribution in [1.29, 1.82) is 0 Å². The third-order valence-corrected chi connectivity index (χ3v) is 6.55. The van der Waals surface area contributed by atoms with Crippen LogP contribution in [-0.2, 0) is 9.09 Å². The molecule has 0 aliphatic heterocycles. The van der Waals surface area contributed by atoms with Gasteiger partial charge in [-0.25, -0.2) is 4.57 Å². The van der Waals surface area contributed by atoms with Gasteiger partial charge in [0, 0.05) is 6.54 Å². The zero-order valence-corrected chi connectivity index (χ0v) is 21.8. The van der Waals surface area contributed by atoms with Gasteiger partial charge in [-0.1, -0.05) is 117 Å². The van der Waals surface area contributed by atoms with Crippen LogP contribution in [0.25, 0.3) is 0 Å². The molecule has 6 heteroatoms. The van der Waals surface area contributed by atoms with E-state index in [2.05, 4.69) is 23.3 Å². The molecule has 0 aromatic rings. The van der Waals surface area contributed by atoms with Crippen molar-refractivity contribution < 1.29 is 18.9 Å². The molecule has 0 saturated carbocycles. The Morgan fingerprint density at radius 2 is 0.871 bits per heavy atom. The molecule has 0 aromatic heterocycles. The second-order valence-electron chi connectivity index (χ2n) is 9.18. The number of phosphoric acid groups is 1. The highest BCUT2D eigenvalue weighted by atomic mass is 31.2. The van der Waals surface area contributed by atoms with Crippen LogP contribution in [-0.4, -0.2) is 40.9 Å². The van der Waals surface area contributed by atoms with Crippen LogP contribution in [0, 0.1) is 0 Å². The van der Waals surface area contributed by atoms with E-state index in [-0.39, 0.29) is 6.61 Å². The van der Waals surface area contributed by atoms with Crippen LogP contribution >= 0.6 is 7.82 Å². The van der Waals surface area contributed by atoms with E-state index in [0.29, 0.717) is 6.42 Å². The standard InChI is InChI=1S/C25H54NO4P/c1-3-5-7-9-11-13-15-17-19-22-26(24-21-25-30-31(27,28)29)23-20-18-16-14-12-10-8-6-4-2/h3-25H2,1-2H3,(H2,27,28,29). The van der Waals surface area contributed by atoms with E-state index in [1.807, 2.05) is 0 Å². The Morgan fingerprint density at radius 1 is 0.548 bits per heavy atom. The van der Waals surface area contributed by atoms with Gasteiger partial charge in [0.15, 0.2) is 0 Å². The van der Waals surface area contributed by atoms with Crippen molar-refractivity contribution in [2.75, 3.05) is 26.2 Å². The maximum atomic E-state index is 10.8. The van der Waals surface area contributed by atoms with E-state index >= 15 is 0 Å². The first-order valence-corrected chi connectivity index (χ1v) is 14.9. The molecule has 0 saturated heterocycles. The topological polar surface area (TPSA) is 70.0 Å². The fourth-order valence-corrected chi connectivity index (χ4v) is 4.47. The highest BCUT2D eigenvalue weighted by Gasteiger charge is 2.13. The summed E-state index contributed by atoms with van der Waals surface area (Å²) in [5, 5.41) is 0. The molecule has 0 atom stereocenters. The highest BCUT2D eigenvalue weighted by molar-refractivity contribution is 7.46. The van der Waals surface area contributed by atoms with Crippen LogP contribution in [0.3, 0.4) is 0 Å². The lowest BCUT2D eigenvalue weighted by atomic mass is 10.1. The molecule has 31 heavy (non-hydrogen) atoms. The van der Waals surface area contributed by atoms with Crippen molar-refractivity contribution >= 4 is 7.82 Å². The van der Waals surface area contributed by atoms with Crippen LogP contribution in [0.4, 0.5) is 0 Å². The Morgan fingerprint density at radius 3 is 1.23 bits per heavy atom. The summed E-state index contributed by atoms with van der Waals surface area (Å²) in [7, 11) is -4.33. The van der Waals surface area contributed by atoms with Crippen LogP contribution in [0.2, 0.25) is 0 Å². The van der Waals surface area contributed by atoms with Crippen LogP contribution in [0.1, 0.15) is 136 Å². The summed E-state index contributed by atoms with van der Waals surface area (Å²) in [5.74, 6) is 0. The zero-order chi connectivity index (χ0) is 23.0. The molecule has 188 valence electrons. The fourth-order valence-electron chi connectivity index (χ4n) is 4.10. The average molecular weight is 464 g/mol. The maximum absolute atomic E-state index is 10.8. The summed E-state index contributed by atoms with van der Waals surface area (Å²) in [5.41, 5.74) is 0. The van der Waals surface area contributed by atoms with Gasteiger partial charge in [-0.15, -0.1) is 0 Å². The third kappa shape index (κ3) is 26.2. The van der Waals surface area contributed by atoms with Gasteiger partial charge in [-0.3, -0.25) is 4.52 Å². The molecule has 2 N–H and O–H groups in total. The van der Waals surface area contributed by atoms with Gasteiger partial charge in [-0.05, 0) is 32.4 Å². The first-order valence-electron chi connectivity index (χ1n) is 13.4. The molecule has 0 rings (SSSR count). The van der Waals surface area contributed by atoms with Gasteiger partial charge in [-0.2, -0.15) is 0 Å². The molecule has 0 aliphatic carbocycles. The van der Waals surface area contributed by atoms with Crippen molar-refractivity contribution in [3.05, 3.63) is 0 Å². The lowest BCUT2D eigenvalue weighted by molar-refractivity contribution is 0.177. The van der Waals surface area contributed by atoms with Crippen LogP contribution in [0.5, 0.6) is 0 Å². The smallest absolute Gasteiger partial charge is 0.303 e. The molecule has 0 amide bonds. The van der Waals surface area contributed by atoms with Crippen LogP contribution < -0.4 is 0 Å². The summed E-state index contributed by atoms with van der Waals surface area (Å²) < 4.78 is 15.5. The normalized spacial score (nSPS) is 12.2. The number of unbranched alkanes of at least 4 members (excludes halogenated alkanes) is 16. The number of rotatable bonds is 25. The molecule has 5 nitrogen and oxygen atoms in total. The summed E-state index contributed by atoms with van der Waals surface area (Å²) in [6, 6.07) is 0. The van der Waals surface area contributed by atoms with Crippen molar-refractivity contribution in [2.45, 2.75) is 136 Å². The van der Waals surface area contributed by atoms with E-state index in [9.17, 15) is 4.57 Å². The second kappa shape index (κ2) is 23.2. The number of phosphoric ester groups is 1. The molecule has 0 heterocycles. The molecule has 0 fully saturated rings. The molecule has 0 spiro atoms. The SMILES string of the molecule is CCCCCCCCCCCN(CCCCCCCCCCC)CCCOP(=O)(O)O. The number of hydrogen-bond donors (Lipinski definition) is 2. The Balaban J connectivity index is 3.88. The third-order valence-electron chi connectivity index (χ3n) is 6.03. The van der Waals surface area contributed by atoms with Crippen molar-refractivity contribution in [2.24, 2.45) is 0 Å². The molecule has 0 radical (unpaired) electrons. The quantitative estimate of drug-likeness (QED) is 0.107. The monoisotopic (exact) mass is 463 g/mol. The van der Waals surface area contributed by atoms with Gasteiger partial charge in [0.25, 0.3) is 0 Å². The van der Waals surface area contributed by atoms with Crippen molar-refractivity contribution in [3.8, 4) is 0 Å². The highest BCUT2D eigenvalue weighted by Crippen LogP contribution is 2.35. The number of nitrogens with zero attached hydrogens (tertiary/aromatic N) is 1. The minimum Gasteiger partial charge on any atom is -0.303 e. The average Bonchev–Trinajstić information content (AvgIpc) is 2.73. The van der Waals surface area contributed by atoms with Gasteiger partial charge >= 0.3 is 7.82 Å². The fraction of sp³-hybridized carbons (Fsp3) is 1.00. The maximum Gasteiger partial charge on any atom is 0.469 e. The predicted molar refractivity (Wildman–Crippen MR) is 134 cm³/mol. The van der Waals surface area contributed by atoms with E-state index in [1.54, 1.807) is 0 Å². The lowest BCUT2D eigenvalue weighted by Crippen LogP contribution is -2.28. The van der Waals surface area contributed by atoms with Crippen molar-refractivity contribution in [3.63, 3.8) is 0 Å². The van der Waals surface area contributed by atoms with Crippen LogP contribution in [0.15, 0.2) is 0 Å². The van der Waals surface area contributed by atoms with Gasteiger partial charge in [0.05, 0.1) is 6.61 Å². The minimum atomic E-state index is -4.33. The summed E-state index contributed by atoms with van der Waals surface area (Å²) >= 11 is 0. The van der Waals surface area contributed by atoms with Crippen molar-refractivity contribution in [1.82, 2.24) is 4.90 Å². The Labute approximate surface area is 194 Å². The lowest BCUT2D eigenvalue weighted by Gasteiger charge is -2.22. The zero-order valence-electron chi connectivity index (χ0n) is 20.9. The van der Waals surface area contributed by atoms with Gasteiger partial charge < -0.3 is 14.7 Å².